The van der Waals surface area contributed by atoms with Gasteiger partial charge < -0.3 is 29.8 Å². The molecule has 3 rings (SSSR count). The molecule has 0 unspecified atom stereocenters. The van der Waals surface area contributed by atoms with Gasteiger partial charge >= 0.3 is 12.0 Å². The maximum absolute atomic E-state index is 14.5. The lowest BCUT2D eigenvalue weighted by Gasteiger charge is -2.21. The zero-order valence-electron chi connectivity index (χ0n) is 19.8. The van der Waals surface area contributed by atoms with Gasteiger partial charge in [0.2, 0.25) is 0 Å². The highest BCUT2D eigenvalue weighted by Crippen LogP contribution is 2.32. The zero-order valence-corrected chi connectivity index (χ0v) is 19.8. The average Bonchev–Trinajstić information content (AvgIpc) is 2.83. The summed E-state index contributed by atoms with van der Waals surface area (Å²) in [6, 6.07) is 7.02. The van der Waals surface area contributed by atoms with Gasteiger partial charge in [0.05, 0.1) is 26.2 Å². The van der Waals surface area contributed by atoms with Crippen LogP contribution in [0.4, 0.5) is 19.3 Å². The first-order valence-corrected chi connectivity index (χ1v) is 10.9. The zero-order chi connectivity index (χ0) is 26.4. The summed E-state index contributed by atoms with van der Waals surface area (Å²) in [4.78, 5) is 37.4. The van der Waals surface area contributed by atoms with Gasteiger partial charge in [-0.3, -0.25) is 9.59 Å². The molecule has 0 aliphatic rings. The lowest BCUT2D eigenvalue weighted by Crippen LogP contribution is -2.36. The molecule has 0 saturated heterocycles. The summed E-state index contributed by atoms with van der Waals surface area (Å²) in [5.74, 6) is -2.33. The number of methoxy groups -OCH3 is 1. The number of esters is 1. The molecule has 11 heteroatoms. The van der Waals surface area contributed by atoms with E-state index in [1.165, 1.54) is 50.7 Å². The summed E-state index contributed by atoms with van der Waals surface area (Å²) in [5, 5.41) is 14.9. The van der Waals surface area contributed by atoms with Gasteiger partial charge in [0, 0.05) is 24.9 Å². The number of carbonyl (C=O) groups excluding carboxylic acids is 2. The normalized spacial score (nSPS) is 11.5. The summed E-state index contributed by atoms with van der Waals surface area (Å²) in [6.45, 7) is 1.73. The number of rotatable bonds is 8. The number of nitrogens with zero attached hydrogens (tertiary/aromatic N) is 1. The number of aromatic nitrogens is 1. The Hall–Kier alpha value is -4.41. The van der Waals surface area contributed by atoms with Crippen LogP contribution in [-0.4, -0.2) is 35.4 Å². The van der Waals surface area contributed by atoms with E-state index in [1.54, 1.807) is 6.92 Å². The van der Waals surface area contributed by atoms with Crippen molar-refractivity contribution in [1.82, 2.24) is 9.88 Å². The molecule has 0 fully saturated rings. The number of halogens is 2. The maximum Gasteiger partial charge on any atom is 0.319 e. The number of hydrogen-bond acceptors (Lipinski definition) is 6. The van der Waals surface area contributed by atoms with Crippen LogP contribution < -0.4 is 20.9 Å². The molecule has 0 aliphatic carbocycles. The molecule has 3 aromatic rings. The number of urea groups is 1. The summed E-state index contributed by atoms with van der Waals surface area (Å²) in [5.41, 5.74) is -0.266. The van der Waals surface area contributed by atoms with Crippen molar-refractivity contribution in [2.45, 2.75) is 19.4 Å². The molecular weight excluding hydrogens is 476 g/mol. The number of pyridine rings is 1. The third-order valence-electron chi connectivity index (χ3n) is 5.28. The molecule has 0 radical (unpaired) electrons. The molecular formula is C25H25F2N3O6. The lowest BCUT2D eigenvalue weighted by atomic mass is 9.97. The quantitative estimate of drug-likeness (QED) is 0.404. The Labute approximate surface area is 205 Å². The van der Waals surface area contributed by atoms with Crippen LogP contribution in [0.15, 0.2) is 53.5 Å². The van der Waals surface area contributed by atoms with E-state index >= 15 is 0 Å². The predicted octanol–water partition coefficient (Wildman–Crippen LogP) is 3.86. The predicted molar refractivity (Wildman–Crippen MR) is 128 cm³/mol. The van der Waals surface area contributed by atoms with Crippen molar-refractivity contribution in [1.29, 1.82) is 0 Å². The van der Waals surface area contributed by atoms with Crippen LogP contribution in [0.3, 0.4) is 0 Å². The minimum Gasteiger partial charge on any atom is -0.505 e. The van der Waals surface area contributed by atoms with Gasteiger partial charge in [0.1, 0.15) is 23.1 Å². The number of aromatic hydroxyl groups is 1. The standard InChI is InChI=1S/C25H25F2N3O6/c1-4-36-22(32)13-20(28-25(34)29-23-21(31)7-8-30(2)24(23)33)15-9-14(10-17(11-15)35-3)18-6-5-16(26)12-19(18)27/h5-12,20,31H,4,13H2,1-3H3,(H2,28,29,34)/t20-/m0/s1. The number of ether oxygens (including phenoxy) is 2. The third-order valence-corrected chi connectivity index (χ3v) is 5.28. The van der Waals surface area contributed by atoms with Crippen LogP contribution >= 0.6 is 0 Å². The lowest BCUT2D eigenvalue weighted by molar-refractivity contribution is -0.143. The summed E-state index contributed by atoms with van der Waals surface area (Å²) >= 11 is 0. The molecule has 3 N–H and O–H groups in total. The maximum atomic E-state index is 14.5. The second-order valence-electron chi connectivity index (χ2n) is 7.77. The summed E-state index contributed by atoms with van der Waals surface area (Å²) in [7, 11) is 2.83. The van der Waals surface area contributed by atoms with E-state index in [-0.39, 0.29) is 30.0 Å². The van der Waals surface area contributed by atoms with Crippen molar-refractivity contribution in [3.63, 3.8) is 0 Å². The monoisotopic (exact) mass is 501 g/mol. The number of hydrogen-bond donors (Lipinski definition) is 3. The highest BCUT2D eigenvalue weighted by molar-refractivity contribution is 5.91. The number of anilines is 1. The Morgan fingerprint density at radius 3 is 2.56 bits per heavy atom. The molecule has 1 atom stereocenters. The second kappa shape index (κ2) is 11.3. The Balaban J connectivity index is 1.99. The van der Waals surface area contributed by atoms with Crippen molar-refractivity contribution < 1.29 is 33.0 Å². The molecule has 1 aromatic heterocycles. The van der Waals surface area contributed by atoms with Crippen LogP contribution in [-0.2, 0) is 16.6 Å². The van der Waals surface area contributed by atoms with Crippen molar-refractivity contribution >= 4 is 17.7 Å². The fourth-order valence-electron chi connectivity index (χ4n) is 3.50. The topological polar surface area (TPSA) is 119 Å². The van der Waals surface area contributed by atoms with Gasteiger partial charge in [-0.1, -0.05) is 0 Å². The van der Waals surface area contributed by atoms with E-state index < -0.39 is 41.0 Å². The smallest absolute Gasteiger partial charge is 0.319 e. The highest BCUT2D eigenvalue weighted by atomic mass is 19.1. The van der Waals surface area contributed by atoms with Crippen LogP contribution in [0.1, 0.15) is 24.9 Å². The third kappa shape index (κ3) is 6.17. The van der Waals surface area contributed by atoms with Crippen LogP contribution in [0, 0.1) is 11.6 Å². The Bertz CT molecular complexity index is 1340. The summed E-state index contributed by atoms with van der Waals surface area (Å²) < 4.78 is 39.4. The first kappa shape index (κ1) is 26.2. The number of nitrogens with one attached hydrogen (secondary N) is 2. The number of benzene rings is 2. The molecule has 0 aliphatic heterocycles. The molecule has 0 bridgehead atoms. The Kier molecular flexibility index (Phi) is 8.26. The number of aryl methyl sites for hydroxylation is 1. The highest BCUT2D eigenvalue weighted by Gasteiger charge is 2.23. The molecule has 2 aromatic carbocycles. The van der Waals surface area contributed by atoms with E-state index in [0.717, 1.165) is 16.7 Å². The second-order valence-corrected chi connectivity index (χ2v) is 7.77. The van der Waals surface area contributed by atoms with E-state index in [2.05, 4.69) is 10.6 Å². The number of amides is 2. The molecule has 1 heterocycles. The SMILES string of the molecule is CCOC(=O)C[C@H](NC(=O)Nc1c(O)ccn(C)c1=O)c1cc(OC)cc(-c2ccc(F)cc2F)c1. The van der Waals surface area contributed by atoms with Gasteiger partial charge in [0.15, 0.2) is 5.69 Å². The fourth-order valence-corrected chi connectivity index (χ4v) is 3.50. The van der Waals surface area contributed by atoms with Gasteiger partial charge in [-0.25, -0.2) is 13.6 Å². The first-order chi connectivity index (χ1) is 17.1. The Morgan fingerprint density at radius 1 is 1.14 bits per heavy atom. The van der Waals surface area contributed by atoms with Crippen molar-refractivity contribution in [3.05, 3.63) is 76.2 Å². The molecule has 36 heavy (non-hydrogen) atoms. The first-order valence-electron chi connectivity index (χ1n) is 10.9. The van der Waals surface area contributed by atoms with Gasteiger partial charge in [0.25, 0.3) is 5.56 Å². The minimum atomic E-state index is -1.00. The van der Waals surface area contributed by atoms with Crippen molar-refractivity contribution in [2.75, 3.05) is 19.0 Å². The van der Waals surface area contributed by atoms with E-state index in [9.17, 15) is 28.3 Å². The van der Waals surface area contributed by atoms with Crippen molar-refractivity contribution in [2.24, 2.45) is 7.05 Å². The van der Waals surface area contributed by atoms with Crippen LogP contribution in [0.2, 0.25) is 0 Å². The largest absolute Gasteiger partial charge is 0.505 e. The van der Waals surface area contributed by atoms with Crippen LogP contribution in [0.5, 0.6) is 11.5 Å². The molecule has 9 nitrogen and oxygen atoms in total. The van der Waals surface area contributed by atoms with Gasteiger partial charge in [-0.05, 0) is 54.4 Å². The molecule has 0 spiro atoms. The van der Waals surface area contributed by atoms with Gasteiger partial charge in [-0.15, -0.1) is 0 Å². The molecule has 0 saturated carbocycles. The van der Waals surface area contributed by atoms with Crippen LogP contribution in [0.25, 0.3) is 11.1 Å². The minimum absolute atomic E-state index is 0.0774. The van der Waals surface area contributed by atoms with E-state index in [4.69, 9.17) is 9.47 Å². The molecule has 2 amide bonds. The van der Waals surface area contributed by atoms with E-state index in [0.29, 0.717) is 11.1 Å². The number of carbonyl (C=O) groups is 2. The molecule has 190 valence electrons. The Morgan fingerprint density at radius 2 is 1.89 bits per heavy atom. The van der Waals surface area contributed by atoms with E-state index in [1.807, 2.05) is 0 Å². The van der Waals surface area contributed by atoms with Crippen molar-refractivity contribution in [3.8, 4) is 22.6 Å². The summed E-state index contributed by atoms with van der Waals surface area (Å²) in [6.07, 6.45) is 1.02. The van der Waals surface area contributed by atoms with Gasteiger partial charge in [-0.2, -0.15) is 0 Å². The average molecular weight is 501 g/mol. The fraction of sp³-hybridized carbons (Fsp3) is 0.240.